The van der Waals surface area contributed by atoms with Crippen molar-refractivity contribution in [1.82, 2.24) is 0 Å². The summed E-state index contributed by atoms with van der Waals surface area (Å²) in [6.45, 7) is 1.38. The molecule has 0 saturated heterocycles. The summed E-state index contributed by atoms with van der Waals surface area (Å²) in [5.41, 5.74) is 0.294. The third-order valence-electron chi connectivity index (χ3n) is 2.38. The average molecular weight is 242 g/mol. The monoisotopic (exact) mass is 242 g/mol. The van der Waals surface area contributed by atoms with E-state index in [4.69, 9.17) is 4.74 Å². The second kappa shape index (κ2) is 4.65. The highest BCUT2D eigenvalue weighted by molar-refractivity contribution is 7.92. The number of ketones is 1. The van der Waals surface area contributed by atoms with Gasteiger partial charge in [0.1, 0.15) is 11.0 Å². The molecule has 88 valence electrons. The molecule has 0 aliphatic heterocycles. The molecule has 0 fully saturated rings. The van der Waals surface area contributed by atoms with Gasteiger partial charge in [-0.25, -0.2) is 8.42 Å². The maximum absolute atomic E-state index is 11.9. The fourth-order valence-corrected chi connectivity index (χ4v) is 1.78. The molecule has 0 N–H and O–H groups in total. The Bertz CT molecular complexity index is 490. The van der Waals surface area contributed by atoms with Crippen molar-refractivity contribution in [2.75, 3.05) is 13.4 Å². The molecule has 0 bridgehead atoms. The Labute approximate surface area is 95.2 Å². The van der Waals surface area contributed by atoms with Crippen molar-refractivity contribution in [2.24, 2.45) is 0 Å². The van der Waals surface area contributed by atoms with Crippen LogP contribution in [-0.4, -0.2) is 32.8 Å². The van der Waals surface area contributed by atoms with Gasteiger partial charge in [-0.1, -0.05) is 12.1 Å². The summed E-state index contributed by atoms with van der Waals surface area (Å²) >= 11 is 0. The predicted molar refractivity (Wildman–Crippen MR) is 61.6 cm³/mol. The molecule has 1 unspecified atom stereocenters. The summed E-state index contributed by atoms with van der Waals surface area (Å²) in [6, 6.07) is 6.58. The zero-order valence-corrected chi connectivity index (χ0v) is 10.2. The van der Waals surface area contributed by atoms with E-state index in [1.54, 1.807) is 24.3 Å². The fraction of sp³-hybridized carbons (Fsp3) is 0.364. The van der Waals surface area contributed by atoms with E-state index in [0.29, 0.717) is 11.3 Å². The van der Waals surface area contributed by atoms with Crippen LogP contribution in [0.4, 0.5) is 0 Å². The number of ether oxygens (including phenoxy) is 1. The summed E-state index contributed by atoms with van der Waals surface area (Å²) in [5, 5.41) is -1.05. The van der Waals surface area contributed by atoms with Crippen LogP contribution in [0.3, 0.4) is 0 Å². The van der Waals surface area contributed by atoms with E-state index >= 15 is 0 Å². The molecule has 4 nitrogen and oxygen atoms in total. The topological polar surface area (TPSA) is 60.4 Å². The van der Waals surface area contributed by atoms with Gasteiger partial charge >= 0.3 is 0 Å². The minimum atomic E-state index is -3.38. The first kappa shape index (κ1) is 12.7. The second-order valence-corrected chi connectivity index (χ2v) is 5.90. The molecule has 0 radical (unpaired) electrons. The first-order valence-electron chi connectivity index (χ1n) is 4.74. The van der Waals surface area contributed by atoms with Crippen LogP contribution in [0.25, 0.3) is 0 Å². The quantitative estimate of drug-likeness (QED) is 0.747. The molecule has 0 aliphatic carbocycles. The van der Waals surface area contributed by atoms with Gasteiger partial charge in [0, 0.05) is 6.26 Å². The van der Waals surface area contributed by atoms with Crippen LogP contribution in [0, 0.1) is 0 Å². The van der Waals surface area contributed by atoms with Crippen molar-refractivity contribution >= 4 is 15.6 Å². The van der Waals surface area contributed by atoms with Crippen LogP contribution in [0.1, 0.15) is 17.3 Å². The molecule has 0 spiro atoms. The highest BCUT2D eigenvalue weighted by Crippen LogP contribution is 2.20. The van der Waals surface area contributed by atoms with Crippen molar-refractivity contribution in [1.29, 1.82) is 0 Å². The lowest BCUT2D eigenvalue weighted by Crippen LogP contribution is -2.26. The third-order valence-corrected chi connectivity index (χ3v) is 3.88. The highest BCUT2D eigenvalue weighted by Gasteiger charge is 2.26. The van der Waals surface area contributed by atoms with E-state index in [0.717, 1.165) is 6.26 Å². The number of hydrogen-bond acceptors (Lipinski definition) is 4. The lowest BCUT2D eigenvalue weighted by Gasteiger charge is -2.11. The van der Waals surface area contributed by atoms with Crippen LogP contribution in [0.5, 0.6) is 5.75 Å². The van der Waals surface area contributed by atoms with Crippen molar-refractivity contribution < 1.29 is 17.9 Å². The highest BCUT2D eigenvalue weighted by atomic mass is 32.2. The van der Waals surface area contributed by atoms with Gasteiger partial charge in [0.25, 0.3) is 0 Å². The Hall–Kier alpha value is -1.36. The van der Waals surface area contributed by atoms with E-state index in [2.05, 4.69) is 0 Å². The molecule has 1 atom stereocenters. The van der Waals surface area contributed by atoms with Gasteiger partial charge in [-0.15, -0.1) is 0 Å². The van der Waals surface area contributed by atoms with E-state index in [-0.39, 0.29) is 0 Å². The Morgan fingerprint density at radius 1 is 1.31 bits per heavy atom. The van der Waals surface area contributed by atoms with Crippen molar-refractivity contribution in [3.8, 4) is 5.75 Å². The Morgan fingerprint density at radius 2 is 1.88 bits per heavy atom. The summed E-state index contributed by atoms with van der Waals surface area (Å²) < 4.78 is 27.6. The van der Waals surface area contributed by atoms with Gasteiger partial charge < -0.3 is 4.74 Å². The maximum atomic E-state index is 11.9. The number of methoxy groups -OCH3 is 1. The number of carbonyl (C=O) groups excluding carboxylic acids is 1. The number of hydrogen-bond donors (Lipinski definition) is 0. The SMILES string of the molecule is COc1ccccc1C(=O)C(C)S(C)(=O)=O. The number of Topliss-reactive ketones (excluding diaryl/α,β-unsaturated/α-hetero) is 1. The van der Waals surface area contributed by atoms with Crippen LogP contribution in [-0.2, 0) is 9.84 Å². The third kappa shape index (κ3) is 2.61. The molecule has 0 aliphatic rings. The number of rotatable bonds is 4. The minimum absolute atomic E-state index is 0.294. The lowest BCUT2D eigenvalue weighted by atomic mass is 10.1. The Balaban J connectivity index is 3.15. The van der Waals surface area contributed by atoms with E-state index in [1.165, 1.54) is 14.0 Å². The van der Waals surface area contributed by atoms with E-state index in [1.807, 2.05) is 0 Å². The molecular weight excluding hydrogens is 228 g/mol. The van der Waals surface area contributed by atoms with Crippen molar-refractivity contribution in [3.63, 3.8) is 0 Å². The summed E-state index contributed by atoms with van der Waals surface area (Å²) in [6.07, 6.45) is 1.05. The largest absolute Gasteiger partial charge is 0.496 e. The molecule has 16 heavy (non-hydrogen) atoms. The van der Waals surface area contributed by atoms with Crippen LogP contribution >= 0.6 is 0 Å². The van der Waals surface area contributed by atoms with Crippen molar-refractivity contribution in [2.45, 2.75) is 12.2 Å². The van der Waals surface area contributed by atoms with Gasteiger partial charge in [0.2, 0.25) is 0 Å². The second-order valence-electron chi connectivity index (χ2n) is 3.54. The zero-order valence-electron chi connectivity index (χ0n) is 9.43. The van der Waals surface area contributed by atoms with Gasteiger partial charge in [-0.3, -0.25) is 4.79 Å². The molecule has 1 aromatic rings. The lowest BCUT2D eigenvalue weighted by molar-refractivity contribution is 0.0988. The molecule has 0 heterocycles. The first-order chi connectivity index (χ1) is 7.38. The first-order valence-corrected chi connectivity index (χ1v) is 6.69. The normalized spacial score (nSPS) is 13.2. The molecule has 0 amide bonds. The van der Waals surface area contributed by atoms with Crippen LogP contribution in [0.15, 0.2) is 24.3 Å². The van der Waals surface area contributed by atoms with Crippen molar-refractivity contribution in [3.05, 3.63) is 29.8 Å². The Morgan fingerprint density at radius 3 is 2.38 bits per heavy atom. The maximum Gasteiger partial charge on any atom is 0.184 e. The average Bonchev–Trinajstić information content (AvgIpc) is 2.25. The van der Waals surface area contributed by atoms with Crippen LogP contribution in [0.2, 0.25) is 0 Å². The van der Waals surface area contributed by atoms with E-state index in [9.17, 15) is 13.2 Å². The van der Waals surface area contributed by atoms with Gasteiger partial charge in [0.05, 0.1) is 12.7 Å². The summed E-state index contributed by atoms with van der Waals surface area (Å²) in [5.74, 6) is -0.0528. The number of sulfone groups is 1. The fourth-order valence-electron chi connectivity index (χ4n) is 1.26. The summed E-state index contributed by atoms with van der Waals surface area (Å²) in [4.78, 5) is 11.9. The van der Waals surface area contributed by atoms with Crippen LogP contribution < -0.4 is 4.74 Å². The molecule has 5 heteroatoms. The number of para-hydroxylation sites is 1. The Kier molecular flexibility index (Phi) is 3.70. The van der Waals surface area contributed by atoms with Gasteiger partial charge in [-0.2, -0.15) is 0 Å². The van der Waals surface area contributed by atoms with Gasteiger partial charge in [0.15, 0.2) is 15.6 Å². The molecule has 0 saturated carbocycles. The number of benzene rings is 1. The van der Waals surface area contributed by atoms with E-state index < -0.39 is 20.9 Å². The summed E-state index contributed by atoms with van der Waals surface area (Å²) in [7, 11) is -1.94. The number of carbonyl (C=O) groups is 1. The molecule has 0 aromatic heterocycles. The molecular formula is C11H14O4S. The molecule has 1 aromatic carbocycles. The smallest absolute Gasteiger partial charge is 0.184 e. The van der Waals surface area contributed by atoms with Gasteiger partial charge in [-0.05, 0) is 19.1 Å². The minimum Gasteiger partial charge on any atom is -0.496 e. The zero-order chi connectivity index (χ0) is 12.3. The predicted octanol–water partition coefficient (Wildman–Crippen LogP) is 1.31. The standard InChI is InChI=1S/C11H14O4S/c1-8(16(3,13)14)11(12)9-6-4-5-7-10(9)15-2/h4-8H,1-3H3. The molecule has 1 rings (SSSR count).